The van der Waals surface area contributed by atoms with Crippen LogP contribution in [0.3, 0.4) is 0 Å². The maximum Gasteiger partial charge on any atom is 0.293 e. The molecule has 0 spiro atoms. The minimum Gasteiger partial charge on any atom is -0.465 e. The normalized spacial score (nSPS) is 15.3. The summed E-state index contributed by atoms with van der Waals surface area (Å²) in [5.74, 6) is -0.189. The summed E-state index contributed by atoms with van der Waals surface area (Å²) >= 11 is 0. The smallest absolute Gasteiger partial charge is 0.293 e. The molecule has 31 heavy (non-hydrogen) atoms. The van der Waals surface area contributed by atoms with Gasteiger partial charge in [-0.15, -0.1) is 0 Å². The van der Waals surface area contributed by atoms with Gasteiger partial charge in [0.05, 0.1) is 11.8 Å². The highest BCUT2D eigenvalue weighted by molar-refractivity contribution is 5.95. The van der Waals surface area contributed by atoms with Crippen LogP contribution < -0.4 is 4.90 Å². The summed E-state index contributed by atoms with van der Waals surface area (Å²) in [5.41, 5.74) is 1.71. The SMILES string of the molecule is CC.CC(C)OC=O.CCCN(C)C(CC)CC1C=CN(C(C)=O)c2cc(F)ccc21. The average molecular weight is 437 g/mol. The fourth-order valence-corrected chi connectivity index (χ4v) is 3.49. The number of carbonyl (C=O) groups is 2. The number of anilines is 1. The summed E-state index contributed by atoms with van der Waals surface area (Å²) in [4.78, 5) is 25.1. The van der Waals surface area contributed by atoms with Gasteiger partial charge in [-0.2, -0.15) is 0 Å². The Bertz CT molecular complexity index is 691. The van der Waals surface area contributed by atoms with Crippen molar-refractivity contribution in [2.45, 2.75) is 85.8 Å². The molecule has 1 heterocycles. The highest BCUT2D eigenvalue weighted by atomic mass is 19.1. The third kappa shape index (κ3) is 9.64. The zero-order valence-corrected chi connectivity index (χ0v) is 20.5. The molecule has 0 fully saturated rings. The van der Waals surface area contributed by atoms with E-state index in [9.17, 15) is 14.0 Å². The Labute approximate surface area is 188 Å². The second kappa shape index (κ2) is 15.6. The second-order valence-corrected chi connectivity index (χ2v) is 7.60. The number of amides is 1. The lowest BCUT2D eigenvalue weighted by atomic mass is 9.87. The number of carbonyl (C=O) groups excluding carboxylic acids is 2. The predicted octanol–water partition coefficient (Wildman–Crippen LogP) is 5.89. The highest BCUT2D eigenvalue weighted by Gasteiger charge is 2.26. The Kier molecular flexibility index (Phi) is 14.5. The van der Waals surface area contributed by atoms with Gasteiger partial charge in [-0.1, -0.05) is 39.8 Å². The van der Waals surface area contributed by atoms with Crippen LogP contribution in [-0.4, -0.2) is 43.0 Å². The van der Waals surface area contributed by atoms with E-state index in [1.807, 2.05) is 19.9 Å². The molecule has 0 saturated heterocycles. The van der Waals surface area contributed by atoms with Crippen LogP contribution in [0.15, 0.2) is 30.5 Å². The van der Waals surface area contributed by atoms with E-state index in [1.54, 1.807) is 20.0 Å². The maximum atomic E-state index is 13.6. The molecule has 6 heteroatoms. The molecule has 0 saturated carbocycles. The van der Waals surface area contributed by atoms with Crippen LogP contribution in [0.25, 0.3) is 0 Å². The molecule has 0 N–H and O–H groups in total. The Morgan fingerprint density at radius 3 is 2.39 bits per heavy atom. The van der Waals surface area contributed by atoms with Gasteiger partial charge in [0.1, 0.15) is 5.82 Å². The molecule has 0 radical (unpaired) electrons. The van der Waals surface area contributed by atoms with Crippen molar-refractivity contribution in [2.75, 3.05) is 18.5 Å². The summed E-state index contributed by atoms with van der Waals surface area (Å²) < 4.78 is 18.0. The number of nitrogens with zero attached hydrogens (tertiary/aromatic N) is 2. The molecule has 176 valence electrons. The lowest BCUT2D eigenvalue weighted by Crippen LogP contribution is -2.34. The summed E-state index contributed by atoms with van der Waals surface area (Å²) in [6, 6.07) is 5.25. The molecule has 0 aromatic heterocycles. The standard InChI is InChI=1S/C19H27FN2O.C4H8O2.C2H6/c1-5-10-21(4)17(6-2)12-15-9-11-22(14(3)23)19-13-16(20)7-8-18(15)19;1-4(2)6-3-5;1-2/h7-9,11,13,15,17H,5-6,10,12H2,1-4H3;3-4H,1-2H3;1-2H3. The molecular weight excluding hydrogens is 395 g/mol. The van der Waals surface area contributed by atoms with E-state index in [0.717, 1.165) is 31.4 Å². The van der Waals surface area contributed by atoms with Crippen molar-refractivity contribution in [1.82, 2.24) is 4.90 Å². The number of hydrogen-bond acceptors (Lipinski definition) is 4. The van der Waals surface area contributed by atoms with E-state index in [4.69, 9.17) is 0 Å². The predicted molar refractivity (Wildman–Crippen MR) is 127 cm³/mol. The molecule has 1 amide bonds. The molecule has 0 aliphatic carbocycles. The average Bonchev–Trinajstić information content (AvgIpc) is 2.73. The molecule has 5 nitrogen and oxygen atoms in total. The third-order valence-corrected chi connectivity index (χ3v) is 4.98. The van der Waals surface area contributed by atoms with E-state index < -0.39 is 0 Å². The summed E-state index contributed by atoms with van der Waals surface area (Å²) in [6.45, 7) is 15.0. The minimum absolute atomic E-state index is 0.0301. The van der Waals surface area contributed by atoms with Crippen molar-refractivity contribution in [3.05, 3.63) is 41.9 Å². The van der Waals surface area contributed by atoms with Gasteiger partial charge < -0.3 is 9.64 Å². The molecule has 2 rings (SSSR count). The monoisotopic (exact) mass is 436 g/mol. The van der Waals surface area contributed by atoms with E-state index in [-0.39, 0.29) is 23.7 Å². The van der Waals surface area contributed by atoms with E-state index in [0.29, 0.717) is 18.2 Å². The first-order valence-corrected chi connectivity index (χ1v) is 11.3. The van der Waals surface area contributed by atoms with Crippen molar-refractivity contribution in [1.29, 1.82) is 0 Å². The molecule has 2 atom stereocenters. The zero-order chi connectivity index (χ0) is 24.0. The quantitative estimate of drug-likeness (QED) is 0.477. The van der Waals surface area contributed by atoms with Gasteiger partial charge >= 0.3 is 0 Å². The van der Waals surface area contributed by atoms with Gasteiger partial charge in [0.25, 0.3) is 6.47 Å². The number of benzene rings is 1. The summed E-state index contributed by atoms with van der Waals surface area (Å²) in [5, 5.41) is 0. The van der Waals surface area contributed by atoms with Gasteiger partial charge in [0.15, 0.2) is 0 Å². The summed E-state index contributed by atoms with van der Waals surface area (Å²) in [6.07, 6.45) is 7.09. The molecule has 0 bridgehead atoms. The van der Waals surface area contributed by atoms with Crippen LogP contribution in [-0.2, 0) is 14.3 Å². The molecule has 1 aromatic rings. The van der Waals surface area contributed by atoms with Crippen LogP contribution in [0.4, 0.5) is 10.1 Å². The molecule has 1 aliphatic rings. The lowest BCUT2D eigenvalue weighted by Gasteiger charge is -2.33. The first-order valence-electron chi connectivity index (χ1n) is 11.3. The lowest BCUT2D eigenvalue weighted by molar-refractivity contribution is -0.132. The molecule has 1 aliphatic heterocycles. The van der Waals surface area contributed by atoms with E-state index in [1.165, 1.54) is 24.0 Å². The Hall–Kier alpha value is -2.21. The first-order chi connectivity index (χ1) is 14.7. The van der Waals surface area contributed by atoms with Gasteiger partial charge in [-0.3, -0.25) is 14.5 Å². The maximum absolute atomic E-state index is 13.6. The summed E-state index contributed by atoms with van der Waals surface area (Å²) in [7, 11) is 2.16. The number of ether oxygens (including phenoxy) is 1. The minimum atomic E-state index is -0.306. The first kappa shape index (κ1) is 28.8. The second-order valence-electron chi connectivity index (χ2n) is 7.60. The Balaban J connectivity index is 0.000000970. The molecule has 1 aromatic carbocycles. The topological polar surface area (TPSA) is 49.9 Å². The number of fused-ring (bicyclic) bond motifs is 1. The largest absolute Gasteiger partial charge is 0.465 e. The Morgan fingerprint density at radius 2 is 1.94 bits per heavy atom. The van der Waals surface area contributed by atoms with Crippen LogP contribution in [0.1, 0.15) is 79.2 Å². The van der Waals surface area contributed by atoms with Crippen molar-refractivity contribution in [3.63, 3.8) is 0 Å². The van der Waals surface area contributed by atoms with Gasteiger partial charge in [0, 0.05) is 25.1 Å². The van der Waals surface area contributed by atoms with E-state index in [2.05, 4.69) is 36.6 Å². The van der Waals surface area contributed by atoms with Crippen molar-refractivity contribution in [3.8, 4) is 0 Å². The molecule has 2 unspecified atom stereocenters. The number of halogens is 1. The number of allylic oxidation sites excluding steroid dienone is 1. The van der Waals surface area contributed by atoms with Crippen molar-refractivity contribution in [2.24, 2.45) is 0 Å². The number of hydrogen-bond donors (Lipinski definition) is 0. The fourth-order valence-electron chi connectivity index (χ4n) is 3.49. The van der Waals surface area contributed by atoms with Gasteiger partial charge in [0.2, 0.25) is 5.91 Å². The Morgan fingerprint density at radius 1 is 1.29 bits per heavy atom. The fraction of sp³-hybridized carbons (Fsp3) is 0.600. The van der Waals surface area contributed by atoms with Gasteiger partial charge in [-0.05, 0) is 64.4 Å². The molecular formula is C25H41FN2O3. The third-order valence-electron chi connectivity index (χ3n) is 4.98. The highest BCUT2D eigenvalue weighted by Crippen LogP contribution is 2.37. The van der Waals surface area contributed by atoms with Crippen molar-refractivity contribution >= 4 is 18.1 Å². The van der Waals surface area contributed by atoms with Crippen LogP contribution in [0, 0.1) is 5.82 Å². The number of rotatable bonds is 8. The van der Waals surface area contributed by atoms with Crippen LogP contribution in [0.5, 0.6) is 0 Å². The van der Waals surface area contributed by atoms with E-state index >= 15 is 0 Å². The van der Waals surface area contributed by atoms with Crippen molar-refractivity contribution < 1.29 is 18.7 Å². The zero-order valence-electron chi connectivity index (χ0n) is 20.5. The van der Waals surface area contributed by atoms with Crippen LogP contribution in [0.2, 0.25) is 0 Å². The van der Waals surface area contributed by atoms with Gasteiger partial charge in [-0.25, -0.2) is 4.39 Å². The van der Waals surface area contributed by atoms with Crippen LogP contribution >= 0.6 is 0 Å².